The zero-order chi connectivity index (χ0) is 13.5. The highest BCUT2D eigenvalue weighted by Gasteiger charge is 2.03. The van der Waals surface area contributed by atoms with E-state index in [0.717, 1.165) is 29.9 Å². The van der Waals surface area contributed by atoms with Gasteiger partial charge in [-0.3, -0.25) is 0 Å². The summed E-state index contributed by atoms with van der Waals surface area (Å²) in [6.07, 6.45) is 0. The Hall–Kier alpha value is -0.950. The standard InChI is InChI=1S/C13H17N3OS2/c1-10-15-13(19-16-10)18-12-5-3-11(4-6-12)9-14-7-8-17-2/h3-6,14H,7-9H2,1-2H3. The molecule has 0 spiro atoms. The Labute approximate surface area is 121 Å². The molecule has 2 aromatic rings. The second-order valence-corrected chi connectivity index (χ2v) is 6.10. The predicted octanol–water partition coefficient (Wildman–Crippen LogP) is 2.73. The number of aryl methyl sites for hydroxylation is 1. The summed E-state index contributed by atoms with van der Waals surface area (Å²) in [6.45, 7) is 4.39. The van der Waals surface area contributed by atoms with Gasteiger partial charge in [0.25, 0.3) is 0 Å². The molecule has 0 saturated carbocycles. The third kappa shape index (κ3) is 4.91. The molecule has 0 bridgehead atoms. The zero-order valence-electron chi connectivity index (χ0n) is 11.0. The van der Waals surface area contributed by atoms with E-state index < -0.39 is 0 Å². The van der Waals surface area contributed by atoms with Crippen LogP contribution >= 0.6 is 23.3 Å². The maximum atomic E-state index is 4.99. The van der Waals surface area contributed by atoms with Crippen molar-refractivity contribution in [2.24, 2.45) is 0 Å². The van der Waals surface area contributed by atoms with Gasteiger partial charge in [-0.25, -0.2) is 4.98 Å². The quantitative estimate of drug-likeness (QED) is 0.796. The number of ether oxygens (including phenoxy) is 1. The van der Waals surface area contributed by atoms with Gasteiger partial charge in [-0.2, -0.15) is 4.37 Å². The number of methoxy groups -OCH3 is 1. The average molecular weight is 295 g/mol. The van der Waals surface area contributed by atoms with Gasteiger partial charge in [0.2, 0.25) is 0 Å². The first-order chi connectivity index (χ1) is 9.28. The molecule has 2 rings (SSSR count). The van der Waals surface area contributed by atoms with Crippen LogP contribution in [0.1, 0.15) is 11.4 Å². The second-order valence-electron chi connectivity index (χ2n) is 4.02. The Kier molecular flexibility index (Phi) is 5.78. The number of benzene rings is 1. The van der Waals surface area contributed by atoms with Crippen molar-refractivity contribution in [2.45, 2.75) is 22.7 Å². The molecular formula is C13H17N3OS2. The van der Waals surface area contributed by atoms with Crippen LogP contribution in [0.3, 0.4) is 0 Å². The van der Waals surface area contributed by atoms with E-state index in [1.165, 1.54) is 22.0 Å². The molecule has 0 fully saturated rings. The summed E-state index contributed by atoms with van der Waals surface area (Å²) in [5.74, 6) is 0.839. The van der Waals surface area contributed by atoms with Crippen LogP contribution in [0.2, 0.25) is 0 Å². The van der Waals surface area contributed by atoms with Crippen LogP contribution in [-0.2, 0) is 11.3 Å². The van der Waals surface area contributed by atoms with E-state index >= 15 is 0 Å². The van der Waals surface area contributed by atoms with E-state index in [2.05, 4.69) is 38.9 Å². The molecule has 0 aliphatic heterocycles. The van der Waals surface area contributed by atoms with Crippen molar-refractivity contribution in [2.75, 3.05) is 20.3 Å². The fourth-order valence-corrected chi connectivity index (χ4v) is 3.13. The van der Waals surface area contributed by atoms with Crippen LogP contribution in [-0.4, -0.2) is 29.6 Å². The number of nitrogens with zero attached hydrogens (tertiary/aromatic N) is 2. The molecular weight excluding hydrogens is 278 g/mol. The lowest BCUT2D eigenvalue weighted by atomic mass is 10.2. The van der Waals surface area contributed by atoms with Gasteiger partial charge in [0.05, 0.1) is 6.61 Å². The lowest BCUT2D eigenvalue weighted by Crippen LogP contribution is -2.18. The van der Waals surface area contributed by atoms with Gasteiger partial charge < -0.3 is 10.1 Å². The largest absolute Gasteiger partial charge is 0.383 e. The Balaban J connectivity index is 1.84. The molecule has 0 amide bonds. The van der Waals surface area contributed by atoms with E-state index in [1.54, 1.807) is 18.9 Å². The molecule has 0 unspecified atom stereocenters. The molecule has 1 heterocycles. The lowest BCUT2D eigenvalue weighted by Gasteiger charge is -2.05. The maximum absolute atomic E-state index is 4.99. The average Bonchev–Trinajstić information content (AvgIpc) is 2.82. The van der Waals surface area contributed by atoms with Gasteiger partial charge in [0.1, 0.15) is 5.82 Å². The van der Waals surface area contributed by atoms with Gasteiger partial charge in [0, 0.05) is 25.1 Å². The third-order valence-corrected chi connectivity index (χ3v) is 4.30. The van der Waals surface area contributed by atoms with Crippen LogP contribution in [0, 0.1) is 6.92 Å². The summed E-state index contributed by atoms with van der Waals surface area (Å²) in [7, 11) is 1.71. The normalized spacial score (nSPS) is 10.8. The van der Waals surface area contributed by atoms with Crippen LogP contribution in [0.5, 0.6) is 0 Å². The van der Waals surface area contributed by atoms with Crippen molar-refractivity contribution in [3.8, 4) is 0 Å². The minimum absolute atomic E-state index is 0.740. The van der Waals surface area contributed by atoms with Gasteiger partial charge in [-0.05, 0) is 36.2 Å². The number of hydrogen-bond acceptors (Lipinski definition) is 6. The van der Waals surface area contributed by atoms with Crippen LogP contribution in [0.4, 0.5) is 0 Å². The lowest BCUT2D eigenvalue weighted by molar-refractivity contribution is 0.199. The summed E-state index contributed by atoms with van der Waals surface area (Å²) >= 11 is 3.10. The molecule has 0 saturated heterocycles. The second kappa shape index (κ2) is 7.59. The molecule has 102 valence electrons. The van der Waals surface area contributed by atoms with Gasteiger partial charge in [-0.1, -0.05) is 23.9 Å². The molecule has 0 aliphatic rings. The Bertz CT molecular complexity index is 499. The van der Waals surface area contributed by atoms with E-state index in [-0.39, 0.29) is 0 Å². The molecule has 0 aliphatic carbocycles. The first kappa shape index (κ1) is 14.5. The zero-order valence-corrected chi connectivity index (χ0v) is 12.7. The van der Waals surface area contributed by atoms with Gasteiger partial charge >= 0.3 is 0 Å². The summed E-state index contributed by atoms with van der Waals surface area (Å²) < 4.78 is 10.2. The molecule has 1 N–H and O–H groups in total. The molecule has 6 heteroatoms. The van der Waals surface area contributed by atoms with E-state index in [1.807, 2.05) is 6.92 Å². The fraction of sp³-hybridized carbons (Fsp3) is 0.385. The van der Waals surface area contributed by atoms with Gasteiger partial charge in [-0.15, -0.1) is 0 Å². The van der Waals surface area contributed by atoms with Crippen LogP contribution < -0.4 is 5.32 Å². The van der Waals surface area contributed by atoms with Crippen LogP contribution in [0.25, 0.3) is 0 Å². The topological polar surface area (TPSA) is 47.0 Å². The van der Waals surface area contributed by atoms with E-state index in [0.29, 0.717) is 0 Å². The van der Waals surface area contributed by atoms with Crippen molar-refractivity contribution in [3.63, 3.8) is 0 Å². The molecule has 19 heavy (non-hydrogen) atoms. The maximum Gasteiger partial charge on any atom is 0.174 e. The minimum atomic E-state index is 0.740. The number of aromatic nitrogens is 2. The smallest absolute Gasteiger partial charge is 0.174 e. The third-order valence-electron chi connectivity index (χ3n) is 2.45. The Morgan fingerprint density at radius 3 is 2.74 bits per heavy atom. The van der Waals surface area contributed by atoms with Crippen molar-refractivity contribution < 1.29 is 4.74 Å². The summed E-state index contributed by atoms with van der Waals surface area (Å²) in [5, 5.41) is 3.32. The number of nitrogens with one attached hydrogen (secondary N) is 1. The monoisotopic (exact) mass is 295 g/mol. The van der Waals surface area contributed by atoms with E-state index in [9.17, 15) is 0 Å². The molecule has 0 atom stereocenters. The highest BCUT2D eigenvalue weighted by atomic mass is 32.2. The molecule has 0 radical (unpaired) electrons. The summed E-state index contributed by atoms with van der Waals surface area (Å²) in [5.41, 5.74) is 1.27. The number of rotatable bonds is 7. The Morgan fingerprint density at radius 2 is 2.11 bits per heavy atom. The SMILES string of the molecule is COCCNCc1ccc(Sc2nc(C)ns2)cc1. The molecule has 1 aromatic carbocycles. The first-order valence-corrected chi connectivity index (χ1v) is 7.63. The van der Waals surface area contributed by atoms with Crippen molar-refractivity contribution >= 4 is 23.3 Å². The molecule has 1 aromatic heterocycles. The molecule has 4 nitrogen and oxygen atoms in total. The highest BCUT2D eigenvalue weighted by Crippen LogP contribution is 2.28. The van der Waals surface area contributed by atoms with Crippen molar-refractivity contribution in [3.05, 3.63) is 35.7 Å². The fourth-order valence-electron chi connectivity index (χ4n) is 1.50. The van der Waals surface area contributed by atoms with Gasteiger partial charge in [0.15, 0.2) is 4.34 Å². The number of hydrogen-bond donors (Lipinski definition) is 1. The highest BCUT2D eigenvalue weighted by molar-refractivity contribution is 8.01. The predicted molar refractivity (Wildman–Crippen MR) is 78.8 cm³/mol. The summed E-state index contributed by atoms with van der Waals surface area (Å²) in [6, 6.07) is 8.51. The van der Waals surface area contributed by atoms with Crippen molar-refractivity contribution in [1.82, 2.24) is 14.7 Å². The minimum Gasteiger partial charge on any atom is -0.383 e. The Morgan fingerprint density at radius 1 is 1.32 bits per heavy atom. The summed E-state index contributed by atoms with van der Waals surface area (Å²) in [4.78, 5) is 5.53. The first-order valence-electron chi connectivity index (χ1n) is 6.04. The van der Waals surface area contributed by atoms with Crippen molar-refractivity contribution in [1.29, 1.82) is 0 Å². The van der Waals surface area contributed by atoms with Crippen LogP contribution in [0.15, 0.2) is 33.5 Å². The van der Waals surface area contributed by atoms with E-state index in [4.69, 9.17) is 4.74 Å².